The van der Waals surface area contributed by atoms with Gasteiger partial charge in [0.1, 0.15) is 12.2 Å². The van der Waals surface area contributed by atoms with E-state index in [1.807, 2.05) is 0 Å². The van der Waals surface area contributed by atoms with Crippen molar-refractivity contribution in [2.24, 2.45) is 0 Å². The molecular formula is C13H24O5Si. The van der Waals surface area contributed by atoms with E-state index in [9.17, 15) is 15.0 Å². The molecule has 0 radical (unpaired) electrons. The van der Waals surface area contributed by atoms with Crippen LogP contribution in [0.2, 0.25) is 18.1 Å². The van der Waals surface area contributed by atoms with Crippen LogP contribution in [0, 0.1) is 0 Å². The fraction of sp³-hybridized carbons (Fsp3) is 0.923. The zero-order valence-electron chi connectivity index (χ0n) is 12.3. The molecule has 2 aliphatic rings. The minimum Gasteiger partial charge on any atom is -0.457 e. The molecule has 2 bridgehead atoms. The van der Waals surface area contributed by atoms with E-state index in [0.29, 0.717) is 0 Å². The molecule has 1 aliphatic carbocycles. The van der Waals surface area contributed by atoms with Gasteiger partial charge in [0.2, 0.25) is 0 Å². The van der Waals surface area contributed by atoms with Gasteiger partial charge in [-0.2, -0.15) is 0 Å². The summed E-state index contributed by atoms with van der Waals surface area (Å²) >= 11 is 0. The average molecular weight is 288 g/mol. The number of fused-ring (bicyclic) bond motifs is 2. The van der Waals surface area contributed by atoms with Crippen LogP contribution < -0.4 is 0 Å². The van der Waals surface area contributed by atoms with Crippen LogP contribution >= 0.6 is 0 Å². The number of aliphatic hydroxyl groups excluding tert-OH is 1. The second-order valence-electron chi connectivity index (χ2n) is 7.29. The second-order valence-corrected chi connectivity index (χ2v) is 12.0. The molecular weight excluding hydrogens is 264 g/mol. The number of aliphatic hydroxyl groups is 2. The Labute approximate surface area is 115 Å². The Kier molecular flexibility index (Phi) is 3.37. The number of ether oxygens (including phenoxy) is 1. The molecule has 110 valence electrons. The summed E-state index contributed by atoms with van der Waals surface area (Å²) in [6.07, 6.45) is -1.72. The summed E-state index contributed by atoms with van der Waals surface area (Å²) in [7, 11) is -2.06. The van der Waals surface area contributed by atoms with E-state index >= 15 is 0 Å². The molecule has 19 heavy (non-hydrogen) atoms. The van der Waals surface area contributed by atoms with E-state index < -0.39 is 38.2 Å². The fourth-order valence-electron chi connectivity index (χ4n) is 2.42. The van der Waals surface area contributed by atoms with Gasteiger partial charge in [-0.3, -0.25) is 0 Å². The molecule has 0 aromatic carbocycles. The molecule has 0 spiro atoms. The van der Waals surface area contributed by atoms with Gasteiger partial charge in [-0.15, -0.1) is 0 Å². The third-order valence-electron chi connectivity index (χ3n) is 4.73. The Morgan fingerprint density at radius 3 is 2.47 bits per heavy atom. The first-order valence-electron chi connectivity index (χ1n) is 6.76. The summed E-state index contributed by atoms with van der Waals surface area (Å²) in [5.74, 6) is -0.627. The molecule has 0 aromatic rings. The van der Waals surface area contributed by atoms with Gasteiger partial charge >= 0.3 is 5.97 Å². The van der Waals surface area contributed by atoms with Gasteiger partial charge < -0.3 is 19.4 Å². The summed E-state index contributed by atoms with van der Waals surface area (Å²) in [5.41, 5.74) is -1.48. The number of carbonyl (C=O) groups excluding carboxylic acids is 1. The normalized spacial score (nSPS) is 39.3. The minimum absolute atomic E-state index is 0.0106. The molecule has 5 nitrogen and oxygen atoms in total. The number of hydrogen-bond acceptors (Lipinski definition) is 5. The molecule has 1 aliphatic heterocycles. The summed E-state index contributed by atoms with van der Waals surface area (Å²) in [6.45, 7) is 10.5. The van der Waals surface area contributed by atoms with Gasteiger partial charge in [0.05, 0.1) is 6.10 Å². The molecule has 0 amide bonds. The van der Waals surface area contributed by atoms with Gasteiger partial charge in [0, 0.05) is 12.8 Å². The Morgan fingerprint density at radius 2 is 1.95 bits per heavy atom. The summed E-state index contributed by atoms with van der Waals surface area (Å²) in [5, 5.41) is 20.5. The molecule has 2 N–H and O–H groups in total. The second kappa shape index (κ2) is 4.28. The van der Waals surface area contributed by atoms with E-state index in [-0.39, 0.29) is 17.9 Å². The number of rotatable bonds is 2. The number of esters is 1. The van der Waals surface area contributed by atoms with Crippen molar-refractivity contribution >= 4 is 14.3 Å². The summed E-state index contributed by atoms with van der Waals surface area (Å²) in [4.78, 5) is 11.6. The van der Waals surface area contributed by atoms with Crippen LogP contribution in [-0.4, -0.2) is 48.4 Å². The Hall–Kier alpha value is -0.433. The van der Waals surface area contributed by atoms with Crippen molar-refractivity contribution in [3.8, 4) is 0 Å². The largest absolute Gasteiger partial charge is 0.457 e. The van der Waals surface area contributed by atoms with E-state index in [1.54, 1.807) is 0 Å². The van der Waals surface area contributed by atoms with Crippen molar-refractivity contribution in [3.05, 3.63) is 0 Å². The van der Waals surface area contributed by atoms with Crippen LogP contribution in [0.4, 0.5) is 0 Å². The maximum absolute atomic E-state index is 11.6. The van der Waals surface area contributed by atoms with Crippen LogP contribution in [0.25, 0.3) is 0 Å². The van der Waals surface area contributed by atoms with E-state index in [2.05, 4.69) is 33.9 Å². The van der Waals surface area contributed by atoms with Crippen molar-refractivity contribution in [1.82, 2.24) is 0 Å². The van der Waals surface area contributed by atoms with Gasteiger partial charge in [-0.25, -0.2) is 4.79 Å². The first-order chi connectivity index (χ1) is 8.46. The molecule has 2 rings (SSSR count). The monoisotopic (exact) mass is 288 g/mol. The Balaban J connectivity index is 2.16. The number of carbonyl (C=O) groups is 1. The third-order valence-corrected chi connectivity index (χ3v) is 9.23. The maximum atomic E-state index is 11.6. The Bertz CT molecular complexity index is 389. The average Bonchev–Trinajstić information content (AvgIpc) is 2.46. The highest BCUT2D eigenvalue weighted by atomic mass is 28.4. The molecule has 1 saturated carbocycles. The molecule has 0 unspecified atom stereocenters. The highest BCUT2D eigenvalue weighted by Crippen LogP contribution is 2.43. The smallest absolute Gasteiger partial charge is 0.338 e. The molecule has 4 atom stereocenters. The lowest BCUT2D eigenvalue weighted by Gasteiger charge is -2.43. The van der Waals surface area contributed by atoms with E-state index in [4.69, 9.17) is 9.16 Å². The van der Waals surface area contributed by atoms with Crippen molar-refractivity contribution < 1.29 is 24.2 Å². The lowest BCUT2D eigenvalue weighted by Crippen LogP contribution is -2.55. The first kappa shape index (κ1) is 15.0. The lowest BCUT2D eigenvalue weighted by molar-refractivity contribution is -0.154. The molecule has 6 heteroatoms. The van der Waals surface area contributed by atoms with Gasteiger partial charge in [-0.05, 0) is 18.1 Å². The molecule has 1 saturated heterocycles. The topological polar surface area (TPSA) is 76.0 Å². The lowest BCUT2D eigenvalue weighted by atomic mass is 9.82. The standard InChI is InChI=1S/C13H24O5Si/c1-12(2,3)19(4,5)18-9-7-13(16)6-8(10(9)14)17-11(13)15/h8-10,14,16H,6-7H2,1-5H3/t8-,9+,10-,13-/m0/s1. The zero-order valence-corrected chi connectivity index (χ0v) is 13.3. The third kappa shape index (κ3) is 2.46. The van der Waals surface area contributed by atoms with E-state index in [0.717, 1.165) is 0 Å². The van der Waals surface area contributed by atoms with E-state index in [1.165, 1.54) is 0 Å². The van der Waals surface area contributed by atoms with Crippen molar-refractivity contribution in [2.45, 2.75) is 75.7 Å². The number of hydrogen-bond donors (Lipinski definition) is 2. The summed E-state index contributed by atoms with van der Waals surface area (Å²) < 4.78 is 11.2. The zero-order chi connectivity index (χ0) is 14.6. The van der Waals surface area contributed by atoms with Crippen LogP contribution in [0.1, 0.15) is 33.6 Å². The van der Waals surface area contributed by atoms with Crippen molar-refractivity contribution in [2.75, 3.05) is 0 Å². The van der Waals surface area contributed by atoms with Crippen LogP contribution in [0.3, 0.4) is 0 Å². The predicted molar refractivity (Wildman–Crippen MR) is 72.1 cm³/mol. The fourth-order valence-corrected chi connectivity index (χ4v) is 3.75. The molecule has 2 fully saturated rings. The van der Waals surface area contributed by atoms with Gasteiger partial charge in [0.25, 0.3) is 0 Å². The van der Waals surface area contributed by atoms with Crippen LogP contribution in [0.5, 0.6) is 0 Å². The van der Waals surface area contributed by atoms with Gasteiger partial charge in [0.15, 0.2) is 13.9 Å². The maximum Gasteiger partial charge on any atom is 0.338 e. The highest BCUT2D eigenvalue weighted by Gasteiger charge is 2.58. The predicted octanol–water partition coefficient (Wildman–Crippen LogP) is 1.19. The van der Waals surface area contributed by atoms with Gasteiger partial charge in [-0.1, -0.05) is 20.8 Å². The highest BCUT2D eigenvalue weighted by molar-refractivity contribution is 6.74. The molecule has 1 heterocycles. The van der Waals surface area contributed by atoms with Crippen LogP contribution in [0.15, 0.2) is 0 Å². The minimum atomic E-state index is -2.06. The quantitative estimate of drug-likeness (QED) is 0.589. The van der Waals surface area contributed by atoms with Crippen molar-refractivity contribution in [3.63, 3.8) is 0 Å². The van der Waals surface area contributed by atoms with Crippen LogP contribution in [-0.2, 0) is 14.0 Å². The summed E-state index contributed by atoms with van der Waals surface area (Å²) in [6, 6.07) is 0. The first-order valence-corrected chi connectivity index (χ1v) is 9.66. The Morgan fingerprint density at radius 1 is 1.37 bits per heavy atom. The molecule has 0 aromatic heterocycles. The van der Waals surface area contributed by atoms with Crippen molar-refractivity contribution in [1.29, 1.82) is 0 Å². The SMILES string of the molecule is CC(C)(C)[Si](C)(C)O[C@@H]1C[C@@]2(O)C[C@H](OC2=O)[C@@H]1O.